The zero-order valence-corrected chi connectivity index (χ0v) is 12.5. The molecule has 2 unspecified atom stereocenters. The van der Waals surface area contributed by atoms with Gasteiger partial charge in [-0.15, -0.1) is 0 Å². The van der Waals surface area contributed by atoms with E-state index in [2.05, 4.69) is 19.2 Å². The fraction of sp³-hybridized carbons (Fsp3) is 0.929. The number of carbonyl (C=O) groups is 1. The number of nitrogens with one attached hydrogen (secondary N) is 1. The van der Waals surface area contributed by atoms with Gasteiger partial charge in [0.25, 0.3) is 0 Å². The van der Waals surface area contributed by atoms with Crippen LogP contribution >= 0.6 is 0 Å². The zero-order valence-electron chi connectivity index (χ0n) is 12.5. The normalized spacial score (nSPS) is 23.3. The van der Waals surface area contributed by atoms with Gasteiger partial charge < -0.3 is 14.4 Å². The summed E-state index contributed by atoms with van der Waals surface area (Å²) in [5, 5.41) is 3.42. The van der Waals surface area contributed by atoms with Gasteiger partial charge in [0.2, 0.25) is 5.91 Å². The van der Waals surface area contributed by atoms with Gasteiger partial charge in [-0.1, -0.05) is 20.3 Å². The number of carbonyl (C=O) groups excluding carboxylic acids is 1. The Balaban J connectivity index is 2.28. The van der Waals surface area contributed by atoms with E-state index in [-0.39, 0.29) is 18.1 Å². The summed E-state index contributed by atoms with van der Waals surface area (Å²) in [5.41, 5.74) is 0. The molecule has 1 fully saturated rings. The first-order valence-corrected chi connectivity index (χ1v) is 7.37. The monoisotopic (exact) mass is 272 g/mol. The molecule has 1 saturated heterocycles. The van der Waals surface area contributed by atoms with Crippen molar-refractivity contribution in [2.45, 2.75) is 51.7 Å². The van der Waals surface area contributed by atoms with Gasteiger partial charge >= 0.3 is 0 Å². The van der Waals surface area contributed by atoms with Crippen LogP contribution in [0.15, 0.2) is 0 Å². The lowest BCUT2D eigenvalue weighted by atomic mass is 10.2. The molecule has 0 spiro atoms. The molecule has 112 valence electrons. The number of nitrogens with zero attached hydrogens (tertiary/aromatic N) is 1. The zero-order chi connectivity index (χ0) is 14.1. The number of methoxy groups -OCH3 is 1. The minimum atomic E-state index is 0.0179. The maximum absolute atomic E-state index is 12.2. The molecule has 1 heterocycles. The van der Waals surface area contributed by atoms with Crippen molar-refractivity contribution in [1.82, 2.24) is 10.2 Å². The third-order valence-electron chi connectivity index (χ3n) is 3.43. The van der Waals surface area contributed by atoms with E-state index < -0.39 is 0 Å². The van der Waals surface area contributed by atoms with Gasteiger partial charge in [-0.25, -0.2) is 0 Å². The van der Waals surface area contributed by atoms with Crippen molar-refractivity contribution in [3.05, 3.63) is 0 Å². The van der Waals surface area contributed by atoms with Crippen molar-refractivity contribution in [2.75, 3.05) is 33.5 Å². The van der Waals surface area contributed by atoms with Crippen LogP contribution in [0, 0.1) is 0 Å². The molecule has 1 aliphatic heterocycles. The minimum absolute atomic E-state index is 0.0179. The minimum Gasteiger partial charge on any atom is -0.382 e. The van der Waals surface area contributed by atoms with Gasteiger partial charge in [0, 0.05) is 20.3 Å². The Bertz CT molecular complexity index is 261. The molecular formula is C14H28N2O3. The molecule has 5 nitrogen and oxygen atoms in total. The summed E-state index contributed by atoms with van der Waals surface area (Å²) in [6.07, 6.45) is 4.00. The number of hydrogen-bond donors (Lipinski definition) is 1. The second-order valence-corrected chi connectivity index (χ2v) is 4.92. The van der Waals surface area contributed by atoms with Crippen molar-refractivity contribution < 1.29 is 14.3 Å². The molecule has 0 aromatic heterocycles. The van der Waals surface area contributed by atoms with Crippen molar-refractivity contribution >= 4 is 5.91 Å². The molecule has 1 amide bonds. The van der Waals surface area contributed by atoms with Gasteiger partial charge in [0.1, 0.15) is 0 Å². The molecule has 1 aliphatic rings. The van der Waals surface area contributed by atoms with E-state index in [9.17, 15) is 4.79 Å². The highest BCUT2D eigenvalue weighted by Gasteiger charge is 2.36. The second kappa shape index (κ2) is 9.28. The van der Waals surface area contributed by atoms with Gasteiger partial charge in [-0.3, -0.25) is 10.1 Å². The Labute approximate surface area is 116 Å². The number of ether oxygens (including phenoxy) is 2. The number of rotatable bonds is 10. The Morgan fingerprint density at radius 3 is 2.68 bits per heavy atom. The van der Waals surface area contributed by atoms with Crippen LogP contribution < -0.4 is 5.32 Å². The first kappa shape index (κ1) is 16.4. The lowest BCUT2D eigenvalue weighted by Crippen LogP contribution is -2.37. The third kappa shape index (κ3) is 5.09. The summed E-state index contributed by atoms with van der Waals surface area (Å²) in [6.45, 7) is 6.93. The summed E-state index contributed by atoms with van der Waals surface area (Å²) in [7, 11) is 1.66. The standard InChI is InChI=1S/C14H28N2O3/c1-4-7-12-14(17)16(13(5-2)15-12)8-6-9-19-11-10-18-3/h12-13,15H,4-11H2,1-3H3. The molecule has 2 atom stereocenters. The maximum Gasteiger partial charge on any atom is 0.241 e. The van der Waals surface area contributed by atoms with Crippen LogP contribution in [0.5, 0.6) is 0 Å². The fourth-order valence-electron chi connectivity index (χ4n) is 2.43. The SMILES string of the molecule is CCCC1NC(CC)N(CCCOCCOC)C1=O. The predicted molar refractivity (Wildman–Crippen MR) is 74.9 cm³/mol. The van der Waals surface area contributed by atoms with Gasteiger partial charge in [-0.2, -0.15) is 0 Å². The molecule has 1 rings (SSSR count). The topological polar surface area (TPSA) is 50.8 Å². The average molecular weight is 272 g/mol. The van der Waals surface area contributed by atoms with Gasteiger partial charge in [0.15, 0.2) is 0 Å². The van der Waals surface area contributed by atoms with Crippen LogP contribution in [0.4, 0.5) is 0 Å². The van der Waals surface area contributed by atoms with Crippen LogP contribution in [-0.4, -0.2) is 56.5 Å². The molecule has 5 heteroatoms. The van der Waals surface area contributed by atoms with E-state index in [0.717, 1.165) is 32.2 Å². The quantitative estimate of drug-likeness (QED) is 0.610. The largest absolute Gasteiger partial charge is 0.382 e. The smallest absolute Gasteiger partial charge is 0.241 e. The molecule has 19 heavy (non-hydrogen) atoms. The molecule has 0 saturated carbocycles. The maximum atomic E-state index is 12.2. The summed E-state index contributed by atoms with van der Waals surface area (Å²) in [6, 6.07) is 0.0179. The van der Waals surface area contributed by atoms with Crippen molar-refractivity contribution in [2.24, 2.45) is 0 Å². The van der Waals surface area contributed by atoms with Crippen molar-refractivity contribution in [3.63, 3.8) is 0 Å². The summed E-state index contributed by atoms with van der Waals surface area (Å²) in [4.78, 5) is 14.2. The Kier molecular flexibility index (Phi) is 8.02. The van der Waals surface area contributed by atoms with Gasteiger partial charge in [-0.05, 0) is 19.3 Å². The van der Waals surface area contributed by atoms with E-state index in [4.69, 9.17) is 9.47 Å². The van der Waals surface area contributed by atoms with Crippen LogP contribution in [0.2, 0.25) is 0 Å². The summed E-state index contributed by atoms with van der Waals surface area (Å²) >= 11 is 0. The van der Waals surface area contributed by atoms with Crippen LogP contribution in [0.1, 0.15) is 39.5 Å². The summed E-state index contributed by atoms with van der Waals surface area (Å²) < 4.78 is 10.3. The molecule has 0 aromatic rings. The lowest BCUT2D eigenvalue weighted by Gasteiger charge is -2.22. The molecule has 0 aliphatic carbocycles. The highest BCUT2D eigenvalue weighted by molar-refractivity contribution is 5.84. The fourth-order valence-corrected chi connectivity index (χ4v) is 2.43. The Morgan fingerprint density at radius 2 is 2.05 bits per heavy atom. The first-order valence-electron chi connectivity index (χ1n) is 7.37. The van der Waals surface area contributed by atoms with Crippen LogP contribution in [0.3, 0.4) is 0 Å². The van der Waals surface area contributed by atoms with E-state index in [0.29, 0.717) is 19.8 Å². The Hall–Kier alpha value is -0.650. The molecule has 0 bridgehead atoms. The van der Waals surface area contributed by atoms with E-state index in [1.807, 2.05) is 4.90 Å². The number of hydrogen-bond acceptors (Lipinski definition) is 4. The third-order valence-corrected chi connectivity index (χ3v) is 3.43. The van der Waals surface area contributed by atoms with Crippen molar-refractivity contribution in [3.8, 4) is 0 Å². The first-order chi connectivity index (χ1) is 9.24. The molecular weight excluding hydrogens is 244 g/mol. The van der Waals surface area contributed by atoms with E-state index >= 15 is 0 Å². The summed E-state index contributed by atoms with van der Waals surface area (Å²) in [5.74, 6) is 0.255. The Morgan fingerprint density at radius 1 is 1.26 bits per heavy atom. The van der Waals surface area contributed by atoms with Crippen LogP contribution in [0.25, 0.3) is 0 Å². The van der Waals surface area contributed by atoms with Crippen molar-refractivity contribution in [1.29, 1.82) is 0 Å². The molecule has 1 N–H and O–H groups in total. The number of amides is 1. The van der Waals surface area contributed by atoms with E-state index in [1.54, 1.807) is 7.11 Å². The van der Waals surface area contributed by atoms with Crippen LogP contribution in [-0.2, 0) is 14.3 Å². The lowest BCUT2D eigenvalue weighted by molar-refractivity contribution is -0.130. The highest BCUT2D eigenvalue weighted by atomic mass is 16.5. The highest BCUT2D eigenvalue weighted by Crippen LogP contribution is 2.17. The average Bonchev–Trinajstić information content (AvgIpc) is 2.71. The molecule has 0 aromatic carbocycles. The van der Waals surface area contributed by atoms with Gasteiger partial charge in [0.05, 0.1) is 25.4 Å². The predicted octanol–water partition coefficient (Wildman–Crippen LogP) is 1.38. The second-order valence-electron chi connectivity index (χ2n) is 4.92. The molecule has 0 radical (unpaired) electrons. The van der Waals surface area contributed by atoms with E-state index in [1.165, 1.54) is 0 Å².